The molecule has 25 heavy (non-hydrogen) atoms. The van der Waals surface area contributed by atoms with E-state index >= 15 is 0 Å². The molecule has 2 aromatic rings. The Morgan fingerprint density at radius 1 is 1.04 bits per heavy atom. The van der Waals surface area contributed by atoms with Gasteiger partial charge in [-0.05, 0) is 49.4 Å². The molecule has 0 radical (unpaired) electrons. The lowest BCUT2D eigenvalue weighted by atomic mass is 10.1. The molecule has 4 nitrogen and oxygen atoms in total. The van der Waals surface area contributed by atoms with Crippen molar-refractivity contribution >= 4 is 5.69 Å². The molecule has 4 heteroatoms. The van der Waals surface area contributed by atoms with E-state index in [-0.39, 0.29) is 19.4 Å². The lowest BCUT2D eigenvalue weighted by Gasteiger charge is -2.36. The van der Waals surface area contributed by atoms with Gasteiger partial charge in [0, 0.05) is 11.3 Å². The molecule has 1 aliphatic rings. The molecule has 0 saturated heterocycles. The van der Waals surface area contributed by atoms with Crippen LogP contribution in [0, 0.1) is 24.7 Å². The molecule has 0 fully saturated rings. The van der Waals surface area contributed by atoms with Crippen LogP contribution in [0.1, 0.15) is 12.5 Å². The van der Waals surface area contributed by atoms with E-state index in [4.69, 9.17) is 27.1 Å². The fourth-order valence-corrected chi connectivity index (χ4v) is 2.73. The fraction of sp³-hybridized carbons (Fsp3) is 0.238. The van der Waals surface area contributed by atoms with Gasteiger partial charge in [-0.1, -0.05) is 11.8 Å². The first kappa shape index (κ1) is 16.6. The van der Waals surface area contributed by atoms with Gasteiger partial charge in [0.15, 0.2) is 6.23 Å². The Kier molecular flexibility index (Phi) is 5.02. The van der Waals surface area contributed by atoms with Crippen molar-refractivity contribution < 1.29 is 14.2 Å². The number of anilines is 1. The summed E-state index contributed by atoms with van der Waals surface area (Å²) < 4.78 is 16.9. The molecular formula is C21H19NO3. The summed E-state index contributed by atoms with van der Waals surface area (Å²) in [6.07, 6.45) is 10.4. The van der Waals surface area contributed by atoms with E-state index in [9.17, 15) is 0 Å². The molecule has 0 saturated carbocycles. The van der Waals surface area contributed by atoms with Crippen LogP contribution < -0.4 is 19.1 Å². The van der Waals surface area contributed by atoms with Crippen LogP contribution in [-0.4, -0.2) is 19.4 Å². The third-order valence-corrected chi connectivity index (χ3v) is 3.92. The Bertz CT molecular complexity index is 815. The Morgan fingerprint density at radius 2 is 1.68 bits per heavy atom. The van der Waals surface area contributed by atoms with Gasteiger partial charge in [0.1, 0.15) is 30.5 Å². The molecule has 0 bridgehead atoms. The monoisotopic (exact) mass is 333 g/mol. The number of hydrogen-bond acceptors (Lipinski definition) is 4. The lowest BCUT2D eigenvalue weighted by molar-refractivity contribution is 0.194. The van der Waals surface area contributed by atoms with Crippen molar-refractivity contribution in [2.24, 2.45) is 0 Å². The van der Waals surface area contributed by atoms with Gasteiger partial charge < -0.3 is 19.1 Å². The van der Waals surface area contributed by atoms with Crippen LogP contribution in [0.25, 0.3) is 0 Å². The first-order chi connectivity index (χ1) is 12.2. The van der Waals surface area contributed by atoms with Crippen LogP contribution >= 0.6 is 0 Å². The molecular weight excluding hydrogens is 314 g/mol. The van der Waals surface area contributed by atoms with Gasteiger partial charge in [-0.2, -0.15) is 0 Å². The van der Waals surface area contributed by atoms with Crippen LogP contribution in [0.15, 0.2) is 42.5 Å². The van der Waals surface area contributed by atoms with Gasteiger partial charge in [-0.3, -0.25) is 0 Å². The van der Waals surface area contributed by atoms with E-state index in [1.807, 2.05) is 49.4 Å². The molecule has 0 N–H and O–H groups in total. The van der Waals surface area contributed by atoms with E-state index < -0.39 is 0 Å². The predicted octanol–water partition coefficient (Wildman–Crippen LogP) is 3.46. The van der Waals surface area contributed by atoms with Crippen molar-refractivity contribution in [1.82, 2.24) is 0 Å². The Balaban J connectivity index is 1.78. The molecule has 0 spiro atoms. The Hall–Kier alpha value is -3.24. The SMILES string of the molecule is C#CCOc1ccc(N2Cc3cc(OCC#C)ccc3OC2C)cc1. The summed E-state index contributed by atoms with van der Waals surface area (Å²) in [5.74, 6) is 7.28. The first-order valence-corrected chi connectivity index (χ1v) is 8.00. The topological polar surface area (TPSA) is 30.9 Å². The zero-order valence-electron chi connectivity index (χ0n) is 14.1. The summed E-state index contributed by atoms with van der Waals surface area (Å²) in [5.41, 5.74) is 2.10. The Morgan fingerprint density at radius 3 is 2.36 bits per heavy atom. The van der Waals surface area contributed by atoms with Crippen LogP contribution in [0.5, 0.6) is 17.2 Å². The second-order valence-corrected chi connectivity index (χ2v) is 5.59. The van der Waals surface area contributed by atoms with Crippen molar-refractivity contribution in [3.05, 3.63) is 48.0 Å². The number of terminal acetylenes is 2. The van der Waals surface area contributed by atoms with Crippen molar-refractivity contribution in [3.8, 4) is 41.9 Å². The summed E-state index contributed by atoms with van der Waals surface area (Å²) in [6.45, 7) is 3.25. The maximum absolute atomic E-state index is 6.03. The summed E-state index contributed by atoms with van der Waals surface area (Å²) in [5, 5.41) is 0. The highest BCUT2D eigenvalue weighted by Crippen LogP contribution is 2.34. The highest BCUT2D eigenvalue weighted by molar-refractivity contribution is 5.53. The highest BCUT2D eigenvalue weighted by Gasteiger charge is 2.24. The minimum Gasteiger partial charge on any atom is -0.481 e. The van der Waals surface area contributed by atoms with Gasteiger partial charge in [0.25, 0.3) is 0 Å². The van der Waals surface area contributed by atoms with Crippen LogP contribution in [0.4, 0.5) is 5.69 Å². The van der Waals surface area contributed by atoms with Crippen molar-refractivity contribution in [2.75, 3.05) is 18.1 Å². The minimum absolute atomic E-state index is 0.0811. The number of fused-ring (bicyclic) bond motifs is 1. The van der Waals surface area contributed by atoms with Gasteiger partial charge in [-0.25, -0.2) is 0 Å². The van der Waals surface area contributed by atoms with Crippen LogP contribution in [0.2, 0.25) is 0 Å². The minimum atomic E-state index is -0.0811. The summed E-state index contributed by atoms with van der Waals surface area (Å²) in [6, 6.07) is 13.6. The molecule has 0 aliphatic carbocycles. The molecule has 1 atom stereocenters. The number of nitrogens with zero attached hydrogens (tertiary/aromatic N) is 1. The van der Waals surface area contributed by atoms with E-state index in [0.29, 0.717) is 6.54 Å². The summed E-state index contributed by atoms with van der Waals surface area (Å²) >= 11 is 0. The standard InChI is InChI=1S/C21H19NO3/c1-4-12-23-19-8-6-18(7-9-19)22-15-17-14-20(24-13-5-2)10-11-21(17)25-16(22)3/h1-2,6-11,14,16H,12-13,15H2,3H3. The van der Waals surface area contributed by atoms with Crippen molar-refractivity contribution in [1.29, 1.82) is 0 Å². The number of hydrogen-bond donors (Lipinski definition) is 0. The third-order valence-electron chi connectivity index (χ3n) is 3.92. The summed E-state index contributed by atoms with van der Waals surface area (Å²) in [7, 11) is 0. The van der Waals surface area contributed by atoms with Crippen molar-refractivity contribution in [2.45, 2.75) is 19.7 Å². The summed E-state index contributed by atoms with van der Waals surface area (Å²) in [4.78, 5) is 2.16. The third kappa shape index (κ3) is 3.82. The maximum atomic E-state index is 6.03. The molecule has 1 aliphatic heterocycles. The van der Waals surface area contributed by atoms with Crippen LogP contribution in [-0.2, 0) is 6.54 Å². The average Bonchev–Trinajstić information content (AvgIpc) is 2.64. The predicted molar refractivity (Wildman–Crippen MR) is 97.8 cm³/mol. The second kappa shape index (κ2) is 7.55. The lowest BCUT2D eigenvalue weighted by Crippen LogP contribution is -2.40. The zero-order chi connectivity index (χ0) is 17.6. The first-order valence-electron chi connectivity index (χ1n) is 8.00. The number of benzene rings is 2. The molecule has 3 rings (SSSR count). The zero-order valence-corrected chi connectivity index (χ0v) is 14.1. The van der Waals surface area contributed by atoms with E-state index in [1.165, 1.54) is 0 Å². The van der Waals surface area contributed by atoms with E-state index in [0.717, 1.165) is 28.5 Å². The molecule has 1 heterocycles. The second-order valence-electron chi connectivity index (χ2n) is 5.59. The number of rotatable bonds is 5. The Labute approximate surface area is 148 Å². The van der Waals surface area contributed by atoms with Crippen LogP contribution in [0.3, 0.4) is 0 Å². The van der Waals surface area contributed by atoms with E-state index in [2.05, 4.69) is 16.7 Å². The molecule has 1 unspecified atom stereocenters. The maximum Gasteiger partial charge on any atom is 0.169 e. The van der Waals surface area contributed by atoms with Gasteiger partial charge in [-0.15, -0.1) is 12.8 Å². The number of ether oxygens (including phenoxy) is 3. The molecule has 126 valence electrons. The quantitative estimate of drug-likeness (QED) is 0.784. The van der Waals surface area contributed by atoms with Gasteiger partial charge in [0.05, 0.1) is 6.54 Å². The molecule has 0 aromatic heterocycles. The van der Waals surface area contributed by atoms with Gasteiger partial charge in [0.2, 0.25) is 0 Å². The largest absolute Gasteiger partial charge is 0.481 e. The average molecular weight is 333 g/mol. The smallest absolute Gasteiger partial charge is 0.169 e. The molecule has 0 amide bonds. The normalized spacial score (nSPS) is 15.3. The van der Waals surface area contributed by atoms with Crippen molar-refractivity contribution in [3.63, 3.8) is 0 Å². The van der Waals surface area contributed by atoms with E-state index in [1.54, 1.807) is 0 Å². The molecule has 2 aromatic carbocycles. The fourth-order valence-electron chi connectivity index (χ4n) is 2.73. The van der Waals surface area contributed by atoms with Gasteiger partial charge >= 0.3 is 0 Å². The highest BCUT2D eigenvalue weighted by atomic mass is 16.5.